The van der Waals surface area contributed by atoms with Crippen molar-refractivity contribution in [3.05, 3.63) is 54.1 Å². The van der Waals surface area contributed by atoms with Gasteiger partial charge in [-0.15, -0.1) is 0 Å². The Bertz CT molecular complexity index is 778. The number of ether oxygens (including phenoxy) is 2. The van der Waals surface area contributed by atoms with Crippen LogP contribution in [0.25, 0.3) is 0 Å². The predicted octanol–water partition coefficient (Wildman–Crippen LogP) is 2.54. The molecular formula is C21H27N3O4. The van der Waals surface area contributed by atoms with E-state index in [1.165, 1.54) is 0 Å². The topological polar surface area (TPSA) is 79.9 Å². The van der Waals surface area contributed by atoms with Crippen LogP contribution >= 0.6 is 0 Å². The minimum atomic E-state index is -0.298. The molecule has 2 N–H and O–H groups in total. The van der Waals surface area contributed by atoms with Gasteiger partial charge in [0.25, 0.3) is 11.8 Å². The number of carbonyl (C=O) groups excluding carboxylic acids is 2. The van der Waals surface area contributed by atoms with Gasteiger partial charge in [-0.05, 0) is 36.8 Å². The van der Waals surface area contributed by atoms with E-state index in [-0.39, 0.29) is 18.4 Å². The van der Waals surface area contributed by atoms with Crippen LogP contribution in [0.4, 0.5) is 11.4 Å². The molecule has 2 aromatic carbocycles. The number of para-hydroxylation sites is 1. The quantitative estimate of drug-likeness (QED) is 0.615. The first-order valence-corrected chi connectivity index (χ1v) is 9.07. The first kappa shape index (κ1) is 21.2. The maximum Gasteiger partial charge on any atom is 0.262 e. The van der Waals surface area contributed by atoms with Gasteiger partial charge in [-0.3, -0.25) is 9.59 Å². The van der Waals surface area contributed by atoms with Crippen molar-refractivity contribution in [2.45, 2.75) is 6.42 Å². The van der Waals surface area contributed by atoms with Crippen LogP contribution in [0.15, 0.2) is 48.5 Å². The lowest BCUT2D eigenvalue weighted by atomic mass is 10.1. The summed E-state index contributed by atoms with van der Waals surface area (Å²) in [7, 11) is 5.35. The van der Waals surface area contributed by atoms with E-state index >= 15 is 0 Å². The normalized spacial score (nSPS) is 10.2. The van der Waals surface area contributed by atoms with E-state index in [2.05, 4.69) is 10.6 Å². The molecule has 0 unspecified atom stereocenters. The van der Waals surface area contributed by atoms with Crippen molar-refractivity contribution in [3.63, 3.8) is 0 Å². The third kappa shape index (κ3) is 6.59. The van der Waals surface area contributed by atoms with E-state index in [0.717, 1.165) is 12.1 Å². The molecular weight excluding hydrogens is 358 g/mol. The number of hydrogen-bond donors (Lipinski definition) is 2. The third-order valence-electron chi connectivity index (χ3n) is 3.93. The van der Waals surface area contributed by atoms with Crippen LogP contribution in [0.2, 0.25) is 0 Å². The molecule has 0 bridgehead atoms. The molecule has 0 saturated carbocycles. The monoisotopic (exact) mass is 385 g/mol. The summed E-state index contributed by atoms with van der Waals surface area (Å²) in [5.41, 5.74) is 1.79. The van der Waals surface area contributed by atoms with Crippen LogP contribution < -0.4 is 20.3 Å². The summed E-state index contributed by atoms with van der Waals surface area (Å²) in [6.45, 7) is 0.983. The summed E-state index contributed by atoms with van der Waals surface area (Å²) in [5.74, 6) is 0.126. The van der Waals surface area contributed by atoms with Crippen molar-refractivity contribution in [3.8, 4) is 5.75 Å². The molecule has 0 saturated heterocycles. The van der Waals surface area contributed by atoms with Crippen molar-refractivity contribution >= 4 is 23.2 Å². The van der Waals surface area contributed by atoms with Crippen LogP contribution in [0.3, 0.4) is 0 Å². The highest BCUT2D eigenvalue weighted by Gasteiger charge is 2.15. The fourth-order valence-electron chi connectivity index (χ4n) is 2.56. The number of hydrogen-bond acceptors (Lipinski definition) is 5. The van der Waals surface area contributed by atoms with Crippen LogP contribution in [0.1, 0.15) is 16.8 Å². The van der Waals surface area contributed by atoms with Gasteiger partial charge in [0, 0.05) is 45.7 Å². The Morgan fingerprint density at radius 1 is 1.07 bits per heavy atom. The van der Waals surface area contributed by atoms with Gasteiger partial charge in [0.05, 0.1) is 5.56 Å². The van der Waals surface area contributed by atoms with Crippen molar-refractivity contribution < 1.29 is 19.1 Å². The van der Waals surface area contributed by atoms with Crippen LogP contribution in [0, 0.1) is 0 Å². The maximum atomic E-state index is 12.6. The molecule has 0 atom stereocenters. The van der Waals surface area contributed by atoms with E-state index in [9.17, 15) is 9.59 Å². The molecule has 0 aliphatic carbocycles. The minimum Gasteiger partial charge on any atom is -0.484 e. The molecule has 7 nitrogen and oxygen atoms in total. The fourth-order valence-corrected chi connectivity index (χ4v) is 2.56. The standard InChI is InChI=1S/C21H27N3O4/c1-24(2)19-11-10-16(14-18(19)21(26)22-12-7-13-27-3)23-20(25)15-28-17-8-5-4-6-9-17/h4-6,8-11,14H,7,12-13,15H2,1-3H3,(H,22,26)(H,23,25). The van der Waals surface area contributed by atoms with Gasteiger partial charge in [-0.25, -0.2) is 0 Å². The zero-order chi connectivity index (χ0) is 20.4. The summed E-state index contributed by atoms with van der Waals surface area (Å²) in [6, 6.07) is 14.4. The summed E-state index contributed by atoms with van der Waals surface area (Å²) in [4.78, 5) is 26.6. The van der Waals surface area contributed by atoms with Gasteiger partial charge in [-0.1, -0.05) is 18.2 Å². The highest BCUT2D eigenvalue weighted by molar-refractivity contribution is 6.02. The highest BCUT2D eigenvalue weighted by Crippen LogP contribution is 2.23. The molecule has 0 radical (unpaired) electrons. The van der Waals surface area contributed by atoms with Gasteiger partial charge in [-0.2, -0.15) is 0 Å². The zero-order valence-corrected chi connectivity index (χ0v) is 16.5. The Hall–Kier alpha value is -3.06. The van der Waals surface area contributed by atoms with Crippen LogP contribution in [0.5, 0.6) is 5.75 Å². The summed E-state index contributed by atoms with van der Waals surface area (Å²) >= 11 is 0. The Morgan fingerprint density at radius 2 is 1.82 bits per heavy atom. The summed E-state index contributed by atoms with van der Waals surface area (Å²) in [6.07, 6.45) is 0.729. The van der Waals surface area contributed by atoms with E-state index < -0.39 is 0 Å². The molecule has 150 valence electrons. The largest absolute Gasteiger partial charge is 0.484 e. The summed E-state index contributed by atoms with van der Waals surface area (Å²) in [5, 5.41) is 5.64. The van der Waals surface area contributed by atoms with Crippen molar-refractivity contribution in [1.82, 2.24) is 5.32 Å². The Morgan fingerprint density at radius 3 is 2.50 bits per heavy atom. The van der Waals surface area contributed by atoms with E-state index in [1.807, 2.05) is 37.2 Å². The van der Waals surface area contributed by atoms with Gasteiger partial charge >= 0.3 is 0 Å². The second-order valence-corrected chi connectivity index (χ2v) is 6.38. The SMILES string of the molecule is COCCCNC(=O)c1cc(NC(=O)COc2ccccc2)ccc1N(C)C. The Balaban J connectivity index is 2.02. The minimum absolute atomic E-state index is 0.113. The molecule has 0 fully saturated rings. The molecule has 0 spiro atoms. The molecule has 0 aromatic heterocycles. The van der Waals surface area contributed by atoms with Gasteiger partial charge in [0.1, 0.15) is 5.75 Å². The lowest BCUT2D eigenvalue weighted by Crippen LogP contribution is -2.27. The van der Waals surface area contributed by atoms with Crippen LogP contribution in [-0.2, 0) is 9.53 Å². The second kappa shape index (κ2) is 10.9. The lowest BCUT2D eigenvalue weighted by molar-refractivity contribution is -0.118. The number of anilines is 2. The number of benzene rings is 2. The Kier molecular flexibility index (Phi) is 8.30. The van der Waals surface area contributed by atoms with E-state index in [1.54, 1.807) is 37.4 Å². The fraction of sp³-hybridized carbons (Fsp3) is 0.333. The van der Waals surface area contributed by atoms with Gasteiger partial charge in [0.2, 0.25) is 0 Å². The smallest absolute Gasteiger partial charge is 0.262 e. The number of rotatable bonds is 10. The maximum absolute atomic E-state index is 12.6. The molecule has 0 aliphatic heterocycles. The first-order chi connectivity index (χ1) is 13.5. The average Bonchev–Trinajstić information content (AvgIpc) is 2.70. The molecule has 2 aromatic rings. The average molecular weight is 385 g/mol. The molecule has 2 rings (SSSR count). The van der Waals surface area contributed by atoms with Gasteiger partial charge in [0.15, 0.2) is 6.61 Å². The zero-order valence-electron chi connectivity index (χ0n) is 16.5. The Labute approximate surface area is 165 Å². The second-order valence-electron chi connectivity index (χ2n) is 6.38. The van der Waals surface area contributed by atoms with E-state index in [4.69, 9.17) is 9.47 Å². The third-order valence-corrected chi connectivity index (χ3v) is 3.93. The highest BCUT2D eigenvalue weighted by atomic mass is 16.5. The van der Waals surface area contributed by atoms with Crippen LogP contribution in [-0.4, -0.2) is 52.8 Å². The van der Waals surface area contributed by atoms with Crippen molar-refractivity contribution in [2.75, 3.05) is 51.2 Å². The number of methoxy groups -OCH3 is 1. The summed E-state index contributed by atoms with van der Waals surface area (Å²) < 4.78 is 10.4. The van der Waals surface area contributed by atoms with Crippen molar-refractivity contribution in [2.24, 2.45) is 0 Å². The molecule has 7 heteroatoms. The molecule has 0 aliphatic rings. The molecule has 2 amide bonds. The lowest BCUT2D eigenvalue weighted by Gasteiger charge is -2.18. The predicted molar refractivity (Wildman–Crippen MR) is 110 cm³/mol. The number of amides is 2. The molecule has 28 heavy (non-hydrogen) atoms. The number of nitrogens with one attached hydrogen (secondary N) is 2. The van der Waals surface area contributed by atoms with E-state index in [0.29, 0.717) is 30.2 Å². The van der Waals surface area contributed by atoms with Gasteiger partial charge < -0.3 is 25.0 Å². The number of carbonyl (C=O) groups is 2. The molecule has 0 heterocycles. The number of nitrogens with zero attached hydrogens (tertiary/aromatic N) is 1. The van der Waals surface area contributed by atoms with Crippen molar-refractivity contribution in [1.29, 1.82) is 0 Å². The first-order valence-electron chi connectivity index (χ1n) is 9.07.